The number of nitrogen functional groups attached to an aromatic ring is 1. The van der Waals surface area contributed by atoms with Crippen LogP contribution in [0.3, 0.4) is 0 Å². The summed E-state index contributed by atoms with van der Waals surface area (Å²) in [6.45, 7) is 1.81. The van der Waals surface area contributed by atoms with Crippen LogP contribution in [0.4, 0.5) is 10.1 Å². The van der Waals surface area contributed by atoms with Crippen LogP contribution in [0.1, 0.15) is 5.56 Å². The molecule has 0 amide bonds. The Bertz CT molecular complexity index is 781. The van der Waals surface area contributed by atoms with Gasteiger partial charge in [0.2, 0.25) is 0 Å². The molecule has 3 aromatic rings. The molecule has 1 heterocycles. The van der Waals surface area contributed by atoms with E-state index >= 15 is 0 Å². The third-order valence-electron chi connectivity index (χ3n) is 3.15. The molecule has 100 valence electrons. The van der Waals surface area contributed by atoms with E-state index in [4.69, 9.17) is 10.5 Å². The van der Waals surface area contributed by atoms with Crippen molar-refractivity contribution in [3.8, 4) is 11.5 Å². The predicted molar refractivity (Wildman–Crippen MR) is 77.4 cm³/mol. The molecule has 20 heavy (non-hydrogen) atoms. The van der Waals surface area contributed by atoms with Gasteiger partial charge in [-0.15, -0.1) is 0 Å². The highest BCUT2D eigenvalue weighted by molar-refractivity contribution is 5.84. The van der Waals surface area contributed by atoms with E-state index in [1.165, 1.54) is 6.07 Å². The van der Waals surface area contributed by atoms with Crippen LogP contribution in [-0.2, 0) is 0 Å². The maximum atomic E-state index is 13.9. The van der Waals surface area contributed by atoms with Crippen molar-refractivity contribution in [2.24, 2.45) is 0 Å². The van der Waals surface area contributed by atoms with Crippen LogP contribution in [0.25, 0.3) is 10.9 Å². The molecule has 0 saturated heterocycles. The standard InChI is InChI=1S/C16H13FN2O/c1-10-8-16(12(17)9-13(10)18)20-15-6-7-19-14-5-3-2-4-11(14)15/h2-9H,18H2,1H3. The molecule has 0 radical (unpaired) electrons. The molecule has 2 aromatic carbocycles. The lowest BCUT2D eigenvalue weighted by atomic mass is 10.2. The minimum Gasteiger partial charge on any atom is -0.454 e. The summed E-state index contributed by atoms with van der Waals surface area (Å²) in [7, 11) is 0. The molecule has 3 nitrogen and oxygen atoms in total. The Morgan fingerprint density at radius 2 is 1.90 bits per heavy atom. The maximum absolute atomic E-state index is 13.9. The summed E-state index contributed by atoms with van der Waals surface area (Å²) in [4.78, 5) is 4.24. The van der Waals surface area contributed by atoms with Crippen LogP contribution < -0.4 is 10.5 Å². The molecule has 0 aliphatic heterocycles. The van der Waals surface area contributed by atoms with E-state index in [-0.39, 0.29) is 5.75 Å². The van der Waals surface area contributed by atoms with Crippen LogP contribution in [0.2, 0.25) is 0 Å². The molecule has 0 saturated carbocycles. The summed E-state index contributed by atoms with van der Waals surface area (Å²) in [6, 6.07) is 12.1. The van der Waals surface area contributed by atoms with E-state index in [0.717, 1.165) is 16.5 Å². The van der Waals surface area contributed by atoms with Gasteiger partial charge in [0.15, 0.2) is 11.6 Å². The molecular weight excluding hydrogens is 255 g/mol. The molecule has 0 unspecified atom stereocenters. The zero-order valence-corrected chi connectivity index (χ0v) is 10.9. The summed E-state index contributed by atoms with van der Waals surface area (Å²) < 4.78 is 19.6. The Kier molecular flexibility index (Phi) is 2.99. The van der Waals surface area contributed by atoms with Crippen molar-refractivity contribution in [1.29, 1.82) is 0 Å². The van der Waals surface area contributed by atoms with Gasteiger partial charge < -0.3 is 10.5 Å². The van der Waals surface area contributed by atoms with Crippen LogP contribution in [0.5, 0.6) is 11.5 Å². The van der Waals surface area contributed by atoms with Gasteiger partial charge >= 0.3 is 0 Å². The first-order chi connectivity index (χ1) is 9.65. The van der Waals surface area contributed by atoms with Gasteiger partial charge in [0.1, 0.15) is 5.75 Å². The van der Waals surface area contributed by atoms with E-state index < -0.39 is 5.82 Å². The van der Waals surface area contributed by atoms with E-state index in [0.29, 0.717) is 11.4 Å². The molecule has 1 aromatic heterocycles. The highest BCUT2D eigenvalue weighted by Gasteiger charge is 2.10. The minimum atomic E-state index is -0.478. The van der Waals surface area contributed by atoms with Crippen molar-refractivity contribution >= 4 is 16.6 Å². The number of hydrogen-bond donors (Lipinski definition) is 1. The van der Waals surface area contributed by atoms with Gasteiger partial charge in [0.25, 0.3) is 0 Å². The number of aryl methyl sites for hydroxylation is 1. The first-order valence-electron chi connectivity index (χ1n) is 6.22. The number of fused-ring (bicyclic) bond motifs is 1. The molecule has 4 heteroatoms. The molecule has 0 aliphatic carbocycles. The lowest BCUT2D eigenvalue weighted by molar-refractivity contribution is 0.446. The minimum absolute atomic E-state index is 0.160. The van der Waals surface area contributed by atoms with Crippen molar-refractivity contribution in [3.63, 3.8) is 0 Å². The van der Waals surface area contributed by atoms with Gasteiger partial charge in [-0.2, -0.15) is 0 Å². The summed E-state index contributed by atoms with van der Waals surface area (Å²) >= 11 is 0. The molecular formula is C16H13FN2O. The van der Waals surface area contributed by atoms with Gasteiger partial charge in [0, 0.05) is 23.3 Å². The fraction of sp³-hybridized carbons (Fsp3) is 0.0625. The Balaban J connectivity index is 2.08. The van der Waals surface area contributed by atoms with Gasteiger partial charge in [-0.1, -0.05) is 12.1 Å². The molecule has 2 N–H and O–H groups in total. The zero-order valence-electron chi connectivity index (χ0n) is 10.9. The first kappa shape index (κ1) is 12.4. The number of nitrogens with zero attached hydrogens (tertiary/aromatic N) is 1. The monoisotopic (exact) mass is 268 g/mol. The number of halogens is 1. The van der Waals surface area contributed by atoms with E-state index in [9.17, 15) is 4.39 Å². The molecule has 0 fully saturated rings. The number of benzene rings is 2. The van der Waals surface area contributed by atoms with Crippen molar-refractivity contribution in [2.45, 2.75) is 6.92 Å². The third kappa shape index (κ3) is 2.16. The second kappa shape index (κ2) is 4.81. The van der Waals surface area contributed by atoms with Crippen molar-refractivity contribution < 1.29 is 9.13 Å². The number of pyridine rings is 1. The van der Waals surface area contributed by atoms with Crippen molar-refractivity contribution in [1.82, 2.24) is 4.98 Å². The van der Waals surface area contributed by atoms with Gasteiger partial charge in [-0.3, -0.25) is 4.98 Å². The smallest absolute Gasteiger partial charge is 0.167 e. The molecule has 0 spiro atoms. The summed E-state index contributed by atoms with van der Waals surface area (Å²) in [5.74, 6) is 0.251. The predicted octanol–water partition coefficient (Wildman–Crippen LogP) is 4.06. The largest absolute Gasteiger partial charge is 0.454 e. The van der Waals surface area contributed by atoms with Crippen LogP contribution in [-0.4, -0.2) is 4.98 Å². The van der Waals surface area contributed by atoms with Crippen LogP contribution >= 0.6 is 0 Å². The zero-order chi connectivity index (χ0) is 14.1. The summed E-state index contributed by atoms with van der Waals surface area (Å²) in [5.41, 5.74) is 7.66. The molecule has 0 aliphatic rings. The average Bonchev–Trinajstić information content (AvgIpc) is 2.45. The Hall–Kier alpha value is -2.62. The number of rotatable bonds is 2. The normalized spacial score (nSPS) is 10.7. The molecule has 0 bridgehead atoms. The Labute approximate surface area is 115 Å². The van der Waals surface area contributed by atoms with Gasteiger partial charge in [-0.05, 0) is 36.8 Å². The summed E-state index contributed by atoms with van der Waals surface area (Å²) in [6.07, 6.45) is 1.64. The number of aromatic nitrogens is 1. The quantitative estimate of drug-likeness (QED) is 0.713. The second-order valence-corrected chi connectivity index (χ2v) is 4.57. The third-order valence-corrected chi connectivity index (χ3v) is 3.15. The maximum Gasteiger partial charge on any atom is 0.167 e. The Morgan fingerprint density at radius 1 is 1.10 bits per heavy atom. The average molecular weight is 268 g/mol. The fourth-order valence-electron chi connectivity index (χ4n) is 2.03. The molecule has 3 rings (SSSR count). The number of ether oxygens (including phenoxy) is 1. The van der Waals surface area contributed by atoms with Gasteiger partial charge in [-0.25, -0.2) is 4.39 Å². The highest BCUT2D eigenvalue weighted by Crippen LogP contribution is 2.32. The van der Waals surface area contributed by atoms with E-state index in [1.807, 2.05) is 31.2 Å². The number of hydrogen-bond acceptors (Lipinski definition) is 3. The lowest BCUT2D eigenvalue weighted by Crippen LogP contribution is -1.95. The van der Waals surface area contributed by atoms with E-state index in [1.54, 1.807) is 18.3 Å². The molecule has 0 atom stereocenters. The summed E-state index contributed by atoms with van der Waals surface area (Å²) in [5, 5.41) is 0.837. The fourth-order valence-corrected chi connectivity index (χ4v) is 2.03. The SMILES string of the molecule is Cc1cc(Oc2ccnc3ccccc23)c(F)cc1N. The van der Waals surface area contributed by atoms with Gasteiger partial charge in [0.05, 0.1) is 5.52 Å². The number of nitrogens with two attached hydrogens (primary N) is 1. The van der Waals surface area contributed by atoms with E-state index in [2.05, 4.69) is 4.98 Å². The van der Waals surface area contributed by atoms with Crippen molar-refractivity contribution in [2.75, 3.05) is 5.73 Å². The van der Waals surface area contributed by atoms with Crippen LogP contribution in [0, 0.1) is 12.7 Å². The second-order valence-electron chi connectivity index (χ2n) is 4.57. The highest BCUT2D eigenvalue weighted by atomic mass is 19.1. The Morgan fingerprint density at radius 3 is 2.75 bits per heavy atom. The first-order valence-corrected chi connectivity index (χ1v) is 6.22. The lowest BCUT2D eigenvalue weighted by Gasteiger charge is -2.11. The van der Waals surface area contributed by atoms with Crippen molar-refractivity contribution in [3.05, 3.63) is 60.0 Å². The number of para-hydroxylation sites is 1. The topological polar surface area (TPSA) is 48.1 Å². The number of anilines is 1. The van der Waals surface area contributed by atoms with Crippen LogP contribution in [0.15, 0.2) is 48.7 Å².